The topological polar surface area (TPSA) is 103 Å². The second-order valence-electron chi connectivity index (χ2n) is 10.9. The van der Waals surface area contributed by atoms with E-state index in [-0.39, 0.29) is 19.2 Å². The number of hydrogen-bond donors (Lipinski definition) is 1. The minimum Gasteiger partial charge on any atom is -1.00 e. The molecule has 4 heterocycles. The van der Waals surface area contributed by atoms with Crippen molar-refractivity contribution < 1.29 is 44.3 Å². The highest BCUT2D eigenvalue weighted by atomic mass is 35.5. The molecule has 238 valence electrons. The first kappa shape index (κ1) is 31.6. The molecule has 6 aromatic rings. The maximum Gasteiger partial charge on any atom is 0.243 e. The van der Waals surface area contributed by atoms with Gasteiger partial charge in [0.2, 0.25) is 22.3 Å². The number of piperazine rings is 1. The number of hydrogen-bond acceptors (Lipinski definition) is 8. The van der Waals surface area contributed by atoms with Gasteiger partial charge in [-0.1, -0.05) is 18.2 Å². The fourth-order valence-corrected chi connectivity index (χ4v) is 7.86. The molecule has 0 bridgehead atoms. The highest BCUT2D eigenvalue weighted by Crippen LogP contribution is 2.41. The Morgan fingerprint density at radius 1 is 0.848 bits per heavy atom. The molecule has 0 amide bonds. The summed E-state index contributed by atoms with van der Waals surface area (Å²) in [6.45, 7) is 2.71. The molecule has 2 aliphatic rings. The Kier molecular flexibility index (Phi) is 8.75. The summed E-state index contributed by atoms with van der Waals surface area (Å²) < 4.78 is 51.2. The van der Waals surface area contributed by atoms with E-state index in [2.05, 4.69) is 45.3 Å². The minimum absolute atomic E-state index is 0. The zero-order chi connectivity index (χ0) is 31.1. The molecule has 0 saturated carbocycles. The van der Waals surface area contributed by atoms with Gasteiger partial charge in [0.25, 0.3) is 0 Å². The van der Waals surface area contributed by atoms with Crippen LogP contribution in [0.15, 0.2) is 84.1 Å². The number of pyridine rings is 2. The molecule has 4 aromatic carbocycles. The van der Waals surface area contributed by atoms with Crippen molar-refractivity contribution in [2.45, 2.75) is 4.90 Å². The smallest absolute Gasteiger partial charge is 0.243 e. The van der Waals surface area contributed by atoms with Crippen LogP contribution in [0.1, 0.15) is 0 Å². The van der Waals surface area contributed by atoms with Crippen LogP contribution in [0.4, 0.5) is 0 Å². The van der Waals surface area contributed by atoms with E-state index in [9.17, 15) is 8.42 Å². The number of ether oxygens (including phenoxy) is 4. The van der Waals surface area contributed by atoms with Gasteiger partial charge in [-0.3, -0.25) is 4.98 Å². The molecule has 2 aromatic heterocycles. The van der Waals surface area contributed by atoms with Gasteiger partial charge in [-0.25, -0.2) is 8.42 Å². The molecular formula is C34H33ClN4O6S. The predicted octanol–water partition coefficient (Wildman–Crippen LogP) is 1.55. The maximum absolute atomic E-state index is 12.7. The lowest BCUT2D eigenvalue weighted by Crippen LogP contribution is -3.00. The largest absolute Gasteiger partial charge is 1.00 e. The van der Waals surface area contributed by atoms with E-state index in [0.29, 0.717) is 31.1 Å². The fraction of sp³-hybridized carbons (Fsp3) is 0.235. The Balaban J connectivity index is 0.000000166. The van der Waals surface area contributed by atoms with E-state index in [0.717, 1.165) is 66.2 Å². The van der Waals surface area contributed by atoms with Crippen molar-refractivity contribution >= 4 is 53.2 Å². The Morgan fingerprint density at radius 3 is 2.37 bits per heavy atom. The van der Waals surface area contributed by atoms with Gasteiger partial charge in [0.1, 0.15) is 7.05 Å². The zero-order valence-electron chi connectivity index (χ0n) is 25.6. The number of halogens is 1. The third kappa shape index (κ3) is 5.39. The van der Waals surface area contributed by atoms with Crippen LogP contribution in [0.5, 0.6) is 23.0 Å². The third-order valence-corrected chi connectivity index (χ3v) is 10.3. The molecule has 10 nitrogen and oxygen atoms in total. The molecule has 8 rings (SSSR count). The third-order valence-electron chi connectivity index (χ3n) is 8.37. The van der Waals surface area contributed by atoms with E-state index < -0.39 is 10.0 Å². The normalized spacial score (nSPS) is 14.6. The summed E-state index contributed by atoms with van der Waals surface area (Å²) in [7, 11) is 1.95. The van der Waals surface area contributed by atoms with Crippen LogP contribution in [0.2, 0.25) is 0 Å². The summed E-state index contributed by atoms with van der Waals surface area (Å²) in [4.78, 5) is 4.40. The standard InChI is InChI=1S/C21H18NO4.C13H15N3O2S.ClH/c1-22-10-16-13(6-7-17(23-2)21(16)24-3)14-5-4-12-8-18-19(26-11-25-18)9-15(12)20(14)22;17-19(18,16-8-6-14-7-9-16)13-3-1-2-11-10-15-5-4-12(11)13;/h4-10H,11H2,1-3H3;1-5,10,14H,6-9H2;1H/q+1;;/p-1. The minimum atomic E-state index is -3.42. The van der Waals surface area contributed by atoms with Crippen molar-refractivity contribution in [3.05, 3.63) is 79.3 Å². The van der Waals surface area contributed by atoms with Gasteiger partial charge in [-0.2, -0.15) is 8.87 Å². The average Bonchev–Trinajstić information content (AvgIpc) is 3.54. The maximum atomic E-state index is 12.7. The summed E-state index contributed by atoms with van der Waals surface area (Å²) in [6.07, 6.45) is 5.40. The number of nitrogens with zero attached hydrogens (tertiary/aromatic N) is 3. The Morgan fingerprint density at radius 2 is 1.61 bits per heavy atom. The predicted molar refractivity (Wildman–Crippen MR) is 173 cm³/mol. The summed E-state index contributed by atoms with van der Waals surface area (Å²) in [5.41, 5.74) is 1.14. The second-order valence-corrected chi connectivity index (χ2v) is 12.8. The Hall–Kier alpha value is -4.42. The van der Waals surface area contributed by atoms with E-state index in [1.54, 1.807) is 49.1 Å². The number of aromatic nitrogens is 2. The van der Waals surface area contributed by atoms with Crippen molar-refractivity contribution in [2.75, 3.05) is 47.2 Å². The summed E-state index contributed by atoms with van der Waals surface area (Å²) >= 11 is 0. The molecule has 2 aliphatic heterocycles. The van der Waals surface area contributed by atoms with Crippen molar-refractivity contribution in [3.8, 4) is 23.0 Å². The summed E-state index contributed by atoms with van der Waals surface area (Å²) in [6, 6.07) is 19.5. The molecule has 0 aliphatic carbocycles. The molecule has 0 radical (unpaired) electrons. The van der Waals surface area contributed by atoms with Crippen molar-refractivity contribution in [1.29, 1.82) is 0 Å². The molecule has 0 atom stereocenters. The first-order chi connectivity index (χ1) is 21.9. The molecule has 46 heavy (non-hydrogen) atoms. The van der Waals surface area contributed by atoms with Gasteiger partial charge in [-0.05, 0) is 47.9 Å². The molecule has 0 unspecified atom stereocenters. The highest BCUT2D eigenvalue weighted by Gasteiger charge is 2.27. The Bertz CT molecular complexity index is 2200. The van der Waals surface area contributed by atoms with Gasteiger partial charge < -0.3 is 36.7 Å². The van der Waals surface area contributed by atoms with Gasteiger partial charge >= 0.3 is 0 Å². The molecule has 1 fully saturated rings. The van der Waals surface area contributed by atoms with Crippen LogP contribution in [0.25, 0.3) is 43.2 Å². The Labute approximate surface area is 272 Å². The van der Waals surface area contributed by atoms with Crippen LogP contribution in [0, 0.1) is 0 Å². The van der Waals surface area contributed by atoms with E-state index in [1.165, 1.54) is 0 Å². The van der Waals surface area contributed by atoms with Crippen LogP contribution in [-0.4, -0.2) is 64.9 Å². The van der Waals surface area contributed by atoms with Gasteiger partial charge in [0, 0.05) is 54.7 Å². The average molecular weight is 661 g/mol. The van der Waals surface area contributed by atoms with E-state index in [1.807, 2.05) is 25.2 Å². The summed E-state index contributed by atoms with van der Waals surface area (Å²) in [5, 5.41) is 10.3. The zero-order valence-corrected chi connectivity index (χ0v) is 27.2. The van der Waals surface area contributed by atoms with Crippen LogP contribution in [-0.2, 0) is 17.1 Å². The number of nitrogens with one attached hydrogen (secondary N) is 1. The molecule has 1 N–H and O–H groups in total. The number of fused-ring (bicyclic) bond motifs is 7. The summed E-state index contributed by atoms with van der Waals surface area (Å²) in [5.74, 6) is 3.06. The number of rotatable bonds is 4. The monoisotopic (exact) mass is 660 g/mol. The molecule has 1 saturated heterocycles. The van der Waals surface area contributed by atoms with Gasteiger partial charge in [0.05, 0.1) is 35.3 Å². The number of aryl methyl sites for hydroxylation is 1. The lowest BCUT2D eigenvalue weighted by atomic mass is 10.00. The molecule has 12 heteroatoms. The van der Waals surface area contributed by atoms with Crippen molar-refractivity contribution in [2.24, 2.45) is 7.05 Å². The number of methoxy groups -OCH3 is 2. The van der Waals surface area contributed by atoms with Crippen LogP contribution < -0.4 is 41.2 Å². The van der Waals surface area contributed by atoms with Gasteiger partial charge in [0.15, 0.2) is 29.2 Å². The van der Waals surface area contributed by atoms with Crippen molar-refractivity contribution in [3.63, 3.8) is 0 Å². The quantitative estimate of drug-likeness (QED) is 0.225. The lowest BCUT2D eigenvalue weighted by molar-refractivity contribution is -0.642. The first-order valence-corrected chi connectivity index (χ1v) is 16.1. The molecule has 0 spiro atoms. The SMILES string of the molecule is COc1ccc2c(c[n+](C)c3c4cc5c(cc4ccc23)OCO5)c1OC.O=S(=O)(c1cccc2cnccc12)N1CCNCC1.[Cl-]. The fourth-order valence-electron chi connectivity index (χ4n) is 6.21. The van der Waals surface area contributed by atoms with Crippen LogP contribution >= 0.6 is 0 Å². The number of sulfonamides is 1. The van der Waals surface area contributed by atoms with Gasteiger partial charge in [-0.15, -0.1) is 0 Å². The van der Waals surface area contributed by atoms with Crippen molar-refractivity contribution in [1.82, 2.24) is 14.6 Å². The lowest BCUT2D eigenvalue weighted by Gasteiger charge is -2.27. The first-order valence-electron chi connectivity index (χ1n) is 14.6. The second kappa shape index (κ2) is 12.8. The number of benzene rings is 4. The highest BCUT2D eigenvalue weighted by molar-refractivity contribution is 7.89. The van der Waals surface area contributed by atoms with Crippen LogP contribution in [0.3, 0.4) is 0 Å². The van der Waals surface area contributed by atoms with E-state index in [4.69, 9.17) is 18.9 Å². The molecular weight excluding hydrogens is 628 g/mol. The van der Waals surface area contributed by atoms with E-state index >= 15 is 0 Å².